The Balaban J connectivity index is 1.88. The fraction of sp³-hybridized carbons (Fsp3) is 0.357. The average Bonchev–Trinajstić information content (AvgIpc) is 3.11. The number of hydrogen-bond acceptors (Lipinski definition) is 3. The molecule has 1 heterocycles. The van der Waals surface area contributed by atoms with E-state index in [9.17, 15) is 0 Å². The van der Waals surface area contributed by atoms with Crippen molar-refractivity contribution in [2.45, 2.75) is 25.3 Å². The largest absolute Gasteiger partial charge is 0.314 e. The maximum absolute atomic E-state index is 4.65. The van der Waals surface area contributed by atoms with E-state index >= 15 is 0 Å². The molecule has 88 valence electrons. The number of nitrogens with zero attached hydrogens (tertiary/aromatic N) is 1. The van der Waals surface area contributed by atoms with Gasteiger partial charge >= 0.3 is 0 Å². The highest BCUT2D eigenvalue weighted by Crippen LogP contribution is 2.41. The summed E-state index contributed by atoms with van der Waals surface area (Å²) in [6.07, 6.45) is 2.71. The number of thiazole rings is 1. The summed E-state index contributed by atoms with van der Waals surface area (Å²) in [5.74, 6) is 0.812. The SMILES string of the molecule is CNCc1csc(-c2cccc(C3CC3)c2)n1. The van der Waals surface area contributed by atoms with Crippen LogP contribution in [0.1, 0.15) is 30.0 Å². The lowest BCUT2D eigenvalue weighted by molar-refractivity contribution is 0.798. The maximum Gasteiger partial charge on any atom is 0.123 e. The summed E-state index contributed by atoms with van der Waals surface area (Å²) in [6, 6.07) is 8.86. The van der Waals surface area contributed by atoms with Crippen molar-refractivity contribution in [3.05, 3.63) is 40.9 Å². The number of aromatic nitrogens is 1. The first-order chi connectivity index (χ1) is 8.36. The third kappa shape index (κ3) is 2.40. The van der Waals surface area contributed by atoms with E-state index in [1.807, 2.05) is 7.05 Å². The minimum absolute atomic E-state index is 0.812. The molecule has 0 saturated heterocycles. The van der Waals surface area contributed by atoms with Crippen molar-refractivity contribution in [3.8, 4) is 10.6 Å². The third-order valence-corrected chi connectivity index (χ3v) is 4.03. The summed E-state index contributed by atoms with van der Waals surface area (Å²) in [5.41, 5.74) is 3.87. The summed E-state index contributed by atoms with van der Waals surface area (Å²) in [4.78, 5) is 4.65. The molecule has 1 aliphatic carbocycles. The Kier molecular flexibility index (Phi) is 2.95. The van der Waals surface area contributed by atoms with Crippen LogP contribution in [0.5, 0.6) is 0 Å². The van der Waals surface area contributed by atoms with Crippen LogP contribution in [0.3, 0.4) is 0 Å². The molecular formula is C14H16N2S. The number of hydrogen-bond donors (Lipinski definition) is 1. The molecule has 0 radical (unpaired) electrons. The molecule has 0 spiro atoms. The zero-order valence-corrected chi connectivity index (χ0v) is 10.8. The van der Waals surface area contributed by atoms with E-state index in [1.54, 1.807) is 11.3 Å². The van der Waals surface area contributed by atoms with Gasteiger partial charge in [-0.15, -0.1) is 11.3 Å². The van der Waals surface area contributed by atoms with Crippen LogP contribution in [0.2, 0.25) is 0 Å². The molecule has 1 N–H and O–H groups in total. The van der Waals surface area contributed by atoms with Crippen molar-refractivity contribution in [1.29, 1.82) is 0 Å². The van der Waals surface area contributed by atoms with Crippen molar-refractivity contribution in [2.24, 2.45) is 0 Å². The number of rotatable bonds is 4. The van der Waals surface area contributed by atoms with Gasteiger partial charge in [0, 0.05) is 17.5 Å². The minimum atomic E-state index is 0.812. The van der Waals surface area contributed by atoms with E-state index < -0.39 is 0 Å². The van der Waals surface area contributed by atoms with E-state index in [1.165, 1.54) is 24.0 Å². The molecule has 3 heteroatoms. The Hall–Kier alpha value is -1.19. The van der Waals surface area contributed by atoms with Gasteiger partial charge in [0.25, 0.3) is 0 Å². The second-order valence-corrected chi connectivity index (χ2v) is 5.43. The highest BCUT2D eigenvalue weighted by atomic mass is 32.1. The average molecular weight is 244 g/mol. The van der Waals surface area contributed by atoms with E-state index in [0.29, 0.717) is 0 Å². The molecule has 2 aromatic rings. The quantitative estimate of drug-likeness (QED) is 0.891. The monoisotopic (exact) mass is 244 g/mol. The zero-order chi connectivity index (χ0) is 11.7. The van der Waals surface area contributed by atoms with Crippen LogP contribution < -0.4 is 5.32 Å². The van der Waals surface area contributed by atoms with Crippen LogP contribution in [0.4, 0.5) is 0 Å². The molecule has 2 nitrogen and oxygen atoms in total. The van der Waals surface area contributed by atoms with Crippen molar-refractivity contribution in [2.75, 3.05) is 7.05 Å². The van der Waals surface area contributed by atoms with Crippen LogP contribution in [-0.4, -0.2) is 12.0 Å². The van der Waals surface area contributed by atoms with E-state index in [-0.39, 0.29) is 0 Å². The van der Waals surface area contributed by atoms with Crippen LogP contribution >= 0.6 is 11.3 Å². The molecule has 1 saturated carbocycles. The van der Waals surface area contributed by atoms with E-state index in [4.69, 9.17) is 0 Å². The van der Waals surface area contributed by atoms with Gasteiger partial charge in [-0.05, 0) is 37.4 Å². The van der Waals surface area contributed by atoms with Gasteiger partial charge in [-0.1, -0.05) is 18.2 Å². The third-order valence-electron chi connectivity index (χ3n) is 3.09. The van der Waals surface area contributed by atoms with Gasteiger partial charge in [0.15, 0.2) is 0 Å². The van der Waals surface area contributed by atoms with Gasteiger partial charge < -0.3 is 5.32 Å². The lowest BCUT2D eigenvalue weighted by Crippen LogP contribution is -2.04. The molecule has 0 amide bonds. The molecule has 1 aromatic heterocycles. The molecule has 17 heavy (non-hydrogen) atoms. The first kappa shape index (κ1) is 10.9. The smallest absolute Gasteiger partial charge is 0.123 e. The Morgan fingerprint density at radius 3 is 3.06 bits per heavy atom. The number of benzene rings is 1. The summed E-state index contributed by atoms with van der Waals surface area (Å²) in [5, 5.41) is 6.40. The van der Waals surface area contributed by atoms with E-state index in [0.717, 1.165) is 23.2 Å². The minimum Gasteiger partial charge on any atom is -0.314 e. The van der Waals surface area contributed by atoms with E-state index in [2.05, 4.69) is 39.9 Å². The Morgan fingerprint density at radius 1 is 1.41 bits per heavy atom. The maximum atomic E-state index is 4.65. The number of nitrogens with one attached hydrogen (secondary N) is 1. The van der Waals surface area contributed by atoms with Gasteiger partial charge in [-0.25, -0.2) is 4.98 Å². The van der Waals surface area contributed by atoms with Crippen molar-refractivity contribution in [1.82, 2.24) is 10.3 Å². The fourth-order valence-electron chi connectivity index (χ4n) is 2.04. The zero-order valence-electron chi connectivity index (χ0n) is 9.94. The normalized spacial score (nSPS) is 15.1. The topological polar surface area (TPSA) is 24.9 Å². The predicted molar refractivity (Wildman–Crippen MR) is 72.3 cm³/mol. The van der Waals surface area contributed by atoms with Gasteiger partial charge in [0.2, 0.25) is 0 Å². The molecule has 0 bridgehead atoms. The Morgan fingerprint density at radius 2 is 2.29 bits per heavy atom. The molecule has 3 rings (SSSR count). The summed E-state index contributed by atoms with van der Waals surface area (Å²) < 4.78 is 0. The van der Waals surface area contributed by atoms with Crippen LogP contribution in [0, 0.1) is 0 Å². The first-order valence-electron chi connectivity index (χ1n) is 6.06. The van der Waals surface area contributed by atoms with Crippen molar-refractivity contribution < 1.29 is 0 Å². The van der Waals surface area contributed by atoms with Crippen LogP contribution in [0.25, 0.3) is 10.6 Å². The van der Waals surface area contributed by atoms with Crippen molar-refractivity contribution in [3.63, 3.8) is 0 Å². The first-order valence-corrected chi connectivity index (χ1v) is 6.94. The van der Waals surface area contributed by atoms with Gasteiger partial charge in [-0.3, -0.25) is 0 Å². The van der Waals surface area contributed by atoms with Gasteiger partial charge in [-0.2, -0.15) is 0 Å². The van der Waals surface area contributed by atoms with Crippen LogP contribution in [0.15, 0.2) is 29.6 Å². The predicted octanol–water partition coefficient (Wildman–Crippen LogP) is 3.41. The fourth-order valence-corrected chi connectivity index (χ4v) is 2.86. The molecule has 1 aliphatic rings. The standard InChI is InChI=1S/C14H16N2S/c1-15-8-13-9-17-14(16-13)12-4-2-3-11(7-12)10-5-6-10/h2-4,7,9-10,15H,5-6,8H2,1H3. The second-order valence-electron chi connectivity index (χ2n) is 4.57. The molecular weight excluding hydrogens is 228 g/mol. The van der Waals surface area contributed by atoms with Crippen molar-refractivity contribution >= 4 is 11.3 Å². The Bertz CT molecular complexity index is 514. The Labute approximate surface area is 106 Å². The highest BCUT2D eigenvalue weighted by Gasteiger charge is 2.23. The molecule has 0 unspecified atom stereocenters. The summed E-state index contributed by atoms with van der Waals surface area (Å²) >= 11 is 1.73. The van der Waals surface area contributed by atoms with Gasteiger partial charge in [0.1, 0.15) is 5.01 Å². The summed E-state index contributed by atoms with van der Waals surface area (Å²) in [6.45, 7) is 0.846. The molecule has 1 fully saturated rings. The lowest BCUT2D eigenvalue weighted by Gasteiger charge is -2.01. The van der Waals surface area contributed by atoms with Gasteiger partial charge in [0.05, 0.1) is 5.69 Å². The molecule has 0 aliphatic heterocycles. The molecule has 0 atom stereocenters. The van der Waals surface area contributed by atoms with Crippen LogP contribution in [-0.2, 0) is 6.54 Å². The summed E-state index contributed by atoms with van der Waals surface area (Å²) in [7, 11) is 1.95. The molecule has 1 aromatic carbocycles. The lowest BCUT2D eigenvalue weighted by atomic mass is 10.1. The second kappa shape index (κ2) is 4.59. The highest BCUT2D eigenvalue weighted by molar-refractivity contribution is 7.13.